The summed E-state index contributed by atoms with van der Waals surface area (Å²) in [5, 5.41) is 0. The van der Waals surface area contributed by atoms with Crippen LogP contribution in [-0.4, -0.2) is 8.42 Å². The monoisotopic (exact) mass is 297 g/mol. The molecule has 0 saturated carbocycles. The number of aryl methyl sites for hydroxylation is 1. The minimum atomic E-state index is -3.87. The fraction of sp³-hybridized carbons (Fsp3) is 0.143. The zero-order valence-corrected chi connectivity index (χ0v) is 11.5. The lowest BCUT2D eigenvalue weighted by atomic mass is 10.2. The maximum Gasteiger partial charge on any atom is 0.265 e. The number of hydrogen-bond donors (Lipinski definition) is 1. The van der Waals surface area contributed by atoms with Crippen LogP contribution in [-0.2, 0) is 10.0 Å². The number of para-hydroxylation sites is 1. The fourth-order valence-corrected chi connectivity index (χ4v) is 2.79. The van der Waals surface area contributed by atoms with Crippen LogP contribution in [0.25, 0.3) is 0 Å². The van der Waals surface area contributed by atoms with Gasteiger partial charge in [0.05, 0.1) is 10.6 Å². The predicted octanol–water partition coefficient (Wildman–Crippen LogP) is 3.73. The molecule has 0 fully saturated rings. The third-order valence-electron chi connectivity index (χ3n) is 2.77. The first-order valence-corrected chi connectivity index (χ1v) is 7.35. The number of hydrogen-bond acceptors (Lipinski definition) is 2. The van der Waals surface area contributed by atoms with Gasteiger partial charge < -0.3 is 0 Å². The lowest BCUT2D eigenvalue weighted by molar-refractivity contribution is 0.152. The van der Waals surface area contributed by atoms with Gasteiger partial charge in [0.2, 0.25) is 0 Å². The second kappa shape index (κ2) is 5.58. The Balaban J connectivity index is 2.36. The van der Waals surface area contributed by atoms with E-state index in [4.69, 9.17) is 0 Å². The molecule has 0 aromatic heterocycles. The van der Waals surface area contributed by atoms with Crippen molar-refractivity contribution in [2.24, 2.45) is 0 Å². The Morgan fingerprint density at radius 1 is 1.00 bits per heavy atom. The van der Waals surface area contributed by atoms with Gasteiger partial charge in [-0.3, -0.25) is 4.72 Å². The predicted molar refractivity (Wildman–Crippen MR) is 73.4 cm³/mol. The van der Waals surface area contributed by atoms with Gasteiger partial charge in [-0.1, -0.05) is 35.9 Å². The highest BCUT2D eigenvalue weighted by Crippen LogP contribution is 2.28. The van der Waals surface area contributed by atoms with Crippen molar-refractivity contribution in [2.75, 3.05) is 4.72 Å². The number of benzene rings is 2. The summed E-state index contributed by atoms with van der Waals surface area (Å²) in [7, 11) is -3.87. The van der Waals surface area contributed by atoms with Gasteiger partial charge in [-0.05, 0) is 25.1 Å². The fourth-order valence-electron chi connectivity index (χ4n) is 1.70. The minimum absolute atomic E-state index is 0.0344. The third-order valence-corrected chi connectivity index (χ3v) is 4.15. The lowest BCUT2D eigenvalue weighted by Gasteiger charge is -2.12. The van der Waals surface area contributed by atoms with E-state index in [0.717, 1.165) is 5.56 Å². The maximum atomic E-state index is 12.8. The van der Waals surface area contributed by atoms with Crippen LogP contribution in [0.1, 0.15) is 17.6 Å². The Kier molecular flexibility index (Phi) is 4.04. The highest BCUT2D eigenvalue weighted by atomic mass is 32.2. The van der Waals surface area contributed by atoms with E-state index in [-0.39, 0.29) is 16.1 Å². The van der Waals surface area contributed by atoms with Gasteiger partial charge >= 0.3 is 0 Å². The molecule has 0 unspecified atom stereocenters. The average Bonchev–Trinajstić information content (AvgIpc) is 2.39. The summed E-state index contributed by atoms with van der Waals surface area (Å²) in [6, 6.07) is 11.6. The molecular formula is C14H13F2NO2S. The minimum Gasteiger partial charge on any atom is -0.279 e. The first-order valence-electron chi connectivity index (χ1n) is 5.87. The molecule has 3 nitrogen and oxygen atoms in total. The molecule has 6 heteroatoms. The van der Waals surface area contributed by atoms with Crippen LogP contribution < -0.4 is 4.72 Å². The largest absolute Gasteiger partial charge is 0.279 e. The van der Waals surface area contributed by atoms with Crippen LogP contribution in [0.4, 0.5) is 14.5 Å². The zero-order chi connectivity index (χ0) is 14.8. The molecule has 106 valence electrons. The third kappa shape index (κ3) is 3.14. The number of rotatable bonds is 4. The van der Waals surface area contributed by atoms with Gasteiger partial charge in [-0.2, -0.15) is 0 Å². The summed E-state index contributed by atoms with van der Waals surface area (Å²) in [6.45, 7) is 1.83. The van der Waals surface area contributed by atoms with Crippen LogP contribution in [0.3, 0.4) is 0 Å². The summed E-state index contributed by atoms with van der Waals surface area (Å²) >= 11 is 0. The van der Waals surface area contributed by atoms with E-state index in [1.807, 2.05) is 6.92 Å². The molecule has 0 bridgehead atoms. The molecule has 2 aromatic carbocycles. The molecule has 0 radical (unpaired) electrons. The Labute approximate surface area is 116 Å². The van der Waals surface area contributed by atoms with Crippen LogP contribution in [0.5, 0.6) is 0 Å². The van der Waals surface area contributed by atoms with Crippen LogP contribution in [0, 0.1) is 6.92 Å². The molecular weight excluding hydrogens is 284 g/mol. The molecule has 0 atom stereocenters. The Morgan fingerprint density at radius 2 is 1.60 bits per heavy atom. The first kappa shape index (κ1) is 14.5. The Morgan fingerprint density at radius 3 is 2.20 bits per heavy atom. The van der Waals surface area contributed by atoms with E-state index < -0.39 is 16.4 Å². The van der Waals surface area contributed by atoms with E-state index in [1.165, 1.54) is 36.4 Å². The Bertz CT molecular complexity index is 697. The van der Waals surface area contributed by atoms with Crippen molar-refractivity contribution in [1.29, 1.82) is 0 Å². The summed E-state index contributed by atoms with van der Waals surface area (Å²) in [5.41, 5.74) is 0.461. The number of sulfonamides is 1. The molecule has 0 spiro atoms. The molecule has 0 heterocycles. The molecule has 2 rings (SSSR count). The van der Waals surface area contributed by atoms with Crippen LogP contribution in [0.2, 0.25) is 0 Å². The molecule has 20 heavy (non-hydrogen) atoms. The van der Waals surface area contributed by atoms with Gasteiger partial charge in [-0.25, -0.2) is 17.2 Å². The number of nitrogens with one attached hydrogen (secondary N) is 1. The van der Waals surface area contributed by atoms with Crippen molar-refractivity contribution in [3.05, 3.63) is 59.7 Å². The second-order valence-electron chi connectivity index (χ2n) is 4.31. The molecule has 0 amide bonds. The summed E-state index contributed by atoms with van der Waals surface area (Å²) in [6.07, 6.45) is -2.74. The molecule has 0 aliphatic heterocycles. The number of anilines is 1. The van der Waals surface area contributed by atoms with Gasteiger partial charge in [0.15, 0.2) is 0 Å². The van der Waals surface area contributed by atoms with Crippen molar-refractivity contribution >= 4 is 15.7 Å². The molecule has 0 saturated heterocycles. The zero-order valence-electron chi connectivity index (χ0n) is 10.7. The van der Waals surface area contributed by atoms with Gasteiger partial charge in [0.1, 0.15) is 0 Å². The normalized spacial score (nSPS) is 11.6. The summed E-state index contributed by atoms with van der Waals surface area (Å²) in [5.74, 6) is 0. The first-order chi connectivity index (χ1) is 9.40. The Hall–Kier alpha value is -1.95. The number of halogens is 2. The average molecular weight is 297 g/mol. The highest BCUT2D eigenvalue weighted by Gasteiger charge is 2.18. The van der Waals surface area contributed by atoms with Crippen molar-refractivity contribution in [2.45, 2.75) is 18.2 Å². The highest BCUT2D eigenvalue weighted by molar-refractivity contribution is 7.92. The number of alkyl halides is 2. The van der Waals surface area contributed by atoms with Crippen molar-refractivity contribution in [3.8, 4) is 0 Å². The molecule has 0 aliphatic carbocycles. The standard InChI is InChI=1S/C14H13F2NO2S/c1-10-6-8-11(9-7-10)20(18,19)17-13-5-3-2-4-12(13)14(15)16/h2-9,14,17H,1H3. The van der Waals surface area contributed by atoms with E-state index in [0.29, 0.717) is 0 Å². The SMILES string of the molecule is Cc1ccc(S(=O)(=O)Nc2ccccc2C(F)F)cc1. The summed E-state index contributed by atoms with van der Waals surface area (Å²) in [4.78, 5) is 0.0344. The summed E-state index contributed by atoms with van der Waals surface area (Å²) < 4.78 is 52.1. The maximum absolute atomic E-state index is 12.8. The smallest absolute Gasteiger partial charge is 0.265 e. The van der Waals surface area contributed by atoms with Crippen LogP contribution >= 0.6 is 0 Å². The molecule has 0 aliphatic rings. The van der Waals surface area contributed by atoms with E-state index in [2.05, 4.69) is 4.72 Å². The van der Waals surface area contributed by atoms with E-state index >= 15 is 0 Å². The van der Waals surface area contributed by atoms with Crippen molar-refractivity contribution in [1.82, 2.24) is 0 Å². The molecule has 1 N–H and O–H groups in total. The van der Waals surface area contributed by atoms with Crippen molar-refractivity contribution in [3.63, 3.8) is 0 Å². The molecule has 2 aromatic rings. The quantitative estimate of drug-likeness (QED) is 0.934. The van der Waals surface area contributed by atoms with Crippen molar-refractivity contribution < 1.29 is 17.2 Å². The topological polar surface area (TPSA) is 46.2 Å². The van der Waals surface area contributed by atoms with Gasteiger partial charge in [0.25, 0.3) is 16.4 Å². The van der Waals surface area contributed by atoms with Crippen LogP contribution in [0.15, 0.2) is 53.4 Å². The second-order valence-corrected chi connectivity index (χ2v) is 5.99. The van der Waals surface area contributed by atoms with Gasteiger partial charge in [0, 0.05) is 5.56 Å². The van der Waals surface area contributed by atoms with E-state index in [1.54, 1.807) is 12.1 Å². The van der Waals surface area contributed by atoms with Gasteiger partial charge in [-0.15, -0.1) is 0 Å². The lowest BCUT2D eigenvalue weighted by Crippen LogP contribution is -2.14. The van der Waals surface area contributed by atoms with E-state index in [9.17, 15) is 17.2 Å².